The highest BCUT2D eigenvalue weighted by Gasteiger charge is 2.40. The van der Waals surface area contributed by atoms with Crippen LogP contribution in [0.2, 0.25) is 0 Å². The van der Waals surface area contributed by atoms with Crippen molar-refractivity contribution in [2.75, 3.05) is 32.8 Å². The number of nitrogens with zero attached hydrogens (tertiary/aromatic N) is 4. The Kier molecular flexibility index (Phi) is 5.08. The first-order chi connectivity index (χ1) is 14.7. The van der Waals surface area contributed by atoms with Crippen LogP contribution in [0.1, 0.15) is 24.3 Å². The summed E-state index contributed by atoms with van der Waals surface area (Å²) in [6.07, 6.45) is 4.74. The van der Waals surface area contributed by atoms with E-state index < -0.39 is 0 Å². The Balaban J connectivity index is 1.13. The molecule has 0 saturated carbocycles. The molecule has 0 spiro atoms. The monoisotopic (exact) mass is 408 g/mol. The van der Waals surface area contributed by atoms with E-state index in [4.69, 9.17) is 9.47 Å². The molecule has 3 aliphatic heterocycles. The number of aromatic nitrogens is 2. The van der Waals surface area contributed by atoms with E-state index in [9.17, 15) is 9.59 Å². The first kappa shape index (κ1) is 19.0. The van der Waals surface area contributed by atoms with Gasteiger partial charge in [-0.2, -0.15) is 0 Å². The second kappa shape index (κ2) is 8.02. The molecule has 30 heavy (non-hydrogen) atoms. The highest BCUT2D eigenvalue weighted by molar-refractivity contribution is 5.81. The molecule has 8 nitrogen and oxygen atoms in total. The number of hydrogen-bond donors (Lipinski definition) is 0. The molecule has 4 heterocycles. The van der Waals surface area contributed by atoms with Gasteiger partial charge in [0.25, 0.3) is 0 Å². The van der Waals surface area contributed by atoms with Gasteiger partial charge in [-0.25, -0.2) is 14.8 Å². The van der Waals surface area contributed by atoms with Crippen LogP contribution in [0.15, 0.2) is 42.7 Å². The largest absolute Gasteiger partial charge is 0.424 e. The fourth-order valence-corrected chi connectivity index (χ4v) is 4.45. The molecule has 0 unspecified atom stereocenters. The number of carbonyl (C=O) groups excluding carboxylic acids is 2. The van der Waals surface area contributed by atoms with E-state index in [0.717, 1.165) is 6.42 Å². The summed E-state index contributed by atoms with van der Waals surface area (Å²) in [5, 5.41) is 0. The molecular weight excluding hydrogens is 384 g/mol. The van der Waals surface area contributed by atoms with Crippen molar-refractivity contribution in [3.63, 3.8) is 0 Å². The Morgan fingerprint density at radius 2 is 1.83 bits per heavy atom. The molecule has 5 rings (SSSR count). The van der Waals surface area contributed by atoms with Gasteiger partial charge in [0.15, 0.2) is 5.78 Å². The number of likely N-dealkylation sites (tertiary alicyclic amines) is 2. The highest BCUT2D eigenvalue weighted by atomic mass is 16.5. The lowest BCUT2D eigenvalue weighted by molar-refractivity contribution is -0.140. The van der Waals surface area contributed by atoms with Crippen molar-refractivity contribution >= 4 is 11.8 Å². The normalized spacial score (nSPS) is 24.2. The van der Waals surface area contributed by atoms with Gasteiger partial charge in [-0.05, 0) is 30.2 Å². The minimum absolute atomic E-state index is 0.0731. The second-order valence-electron chi connectivity index (χ2n) is 8.17. The lowest BCUT2D eigenvalue weighted by Gasteiger charge is -2.46. The number of hydrogen-bond acceptors (Lipinski definition) is 6. The standard InChI is InChI=1S/C22H24N4O4/c27-18-10-16-11-25(9-6-20(16)29-14-18)22(28)26-12-17(13-26)15-2-4-19(5-3-15)30-21-23-7-1-8-24-21/h1-5,7-8,16-17,20H,6,9-14H2/t16-,20+/m1/s1. The number of ketones is 1. The third-order valence-electron chi connectivity index (χ3n) is 6.14. The predicted octanol–water partition coefficient (Wildman–Crippen LogP) is 2.47. The Morgan fingerprint density at radius 3 is 2.60 bits per heavy atom. The van der Waals surface area contributed by atoms with Crippen LogP contribution in [0.25, 0.3) is 0 Å². The quantitative estimate of drug-likeness (QED) is 0.776. The number of piperidine rings is 1. The van der Waals surface area contributed by atoms with Crippen LogP contribution in [0.5, 0.6) is 11.8 Å². The molecule has 0 radical (unpaired) electrons. The van der Waals surface area contributed by atoms with Crippen molar-refractivity contribution in [3.8, 4) is 11.8 Å². The average Bonchev–Trinajstić information content (AvgIpc) is 2.74. The first-order valence-electron chi connectivity index (χ1n) is 10.4. The molecule has 2 atom stereocenters. The Bertz CT molecular complexity index is 914. The van der Waals surface area contributed by atoms with Gasteiger partial charge < -0.3 is 19.3 Å². The number of Topliss-reactive ketones (excluding diaryl/α,β-unsaturated/α-hetero) is 1. The number of carbonyl (C=O) groups is 2. The zero-order chi connectivity index (χ0) is 20.5. The molecule has 0 bridgehead atoms. The lowest BCUT2D eigenvalue weighted by atomic mass is 9.87. The molecular formula is C22H24N4O4. The predicted molar refractivity (Wildman–Crippen MR) is 107 cm³/mol. The summed E-state index contributed by atoms with van der Waals surface area (Å²) in [7, 11) is 0. The minimum Gasteiger partial charge on any atom is -0.424 e. The van der Waals surface area contributed by atoms with Crippen molar-refractivity contribution in [2.45, 2.75) is 24.9 Å². The lowest BCUT2D eigenvalue weighted by Crippen LogP contribution is -2.58. The maximum atomic E-state index is 12.9. The third-order valence-corrected chi connectivity index (χ3v) is 6.14. The van der Waals surface area contributed by atoms with Crippen molar-refractivity contribution in [3.05, 3.63) is 48.3 Å². The van der Waals surface area contributed by atoms with Crippen LogP contribution in [-0.4, -0.2) is 70.5 Å². The van der Waals surface area contributed by atoms with Crippen LogP contribution in [0.3, 0.4) is 0 Å². The maximum Gasteiger partial charge on any atom is 0.321 e. The molecule has 0 aliphatic carbocycles. The summed E-state index contributed by atoms with van der Waals surface area (Å²) in [5.74, 6) is 1.29. The molecule has 156 valence electrons. The summed E-state index contributed by atoms with van der Waals surface area (Å²) in [6.45, 7) is 2.96. The van der Waals surface area contributed by atoms with Crippen LogP contribution in [0, 0.1) is 5.92 Å². The molecule has 0 N–H and O–H groups in total. The fourth-order valence-electron chi connectivity index (χ4n) is 4.45. The highest BCUT2D eigenvalue weighted by Crippen LogP contribution is 2.32. The van der Waals surface area contributed by atoms with Gasteiger partial charge in [0.2, 0.25) is 0 Å². The molecule has 2 aromatic rings. The van der Waals surface area contributed by atoms with Crippen LogP contribution in [-0.2, 0) is 9.53 Å². The molecule has 3 aliphatic rings. The van der Waals surface area contributed by atoms with Crippen LogP contribution in [0.4, 0.5) is 4.79 Å². The van der Waals surface area contributed by atoms with E-state index in [2.05, 4.69) is 9.97 Å². The van der Waals surface area contributed by atoms with E-state index in [1.807, 2.05) is 34.1 Å². The van der Waals surface area contributed by atoms with E-state index in [1.54, 1.807) is 18.5 Å². The van der Waals surface area contributed by atoms with Gasteiger partial charge in [0, 0.05) is 56.8 Å². The SMILES string of the molecule is O=C1CO[C@H]2CCN(C(=O)N3CC(c4ccc(Oc5ncccn5)cc4)C3)C[C@H]2C1. The molecule has 1 aromatic heterocycles. The number of fused-ring (bicyclic) bond motifs is 1. The van der Waals surface area contributed by atoms with Crippen molar-refractivity contribution in [1.29, 1.82) is 0 Å². The van der Waals surface area contributed by atoms with Crippen molar-refractivity contribution in [1.82, 2.24) is 19.8 Å². The summed E-state index contributed by atoms with van der Waals surface area (Å²) >= 11 is 0. The summed E-state index contributed by atoms with van der Waals surface area (Å²) in [6, 6.07) is 10.00. The average molecular weight is 408 g/mol. The zero-order valence-electron chi connectivity index (χ0n) is 16.6. The molecule has 8 heteroatoms. The first-order valence-corrected chi connectivity index (χ1v) is 10.4. The van der Waals surface area contributed by atoms with Crippen molar-refractivity contribution in [2.24, 2.45) is 5.92 Å². The second-order valence-corrected chi connectivity index (χ2v) is 8.17. The third kappa shape index (κ3) is 3.87. The zero-order valence-corrected chi connectivity index (χ0v) is 16.6. The summed E-state index contributed by atoms with van der Waals surface area (Å²) in [4.78, 5) is 36.4. The van der Waals surface area contributed by atoms with E-state index in [-0.39, 0.29) is 30.4 Å². The summed E-state index contributed by atoms with van der Waals surface area (Å²) < 4.78 is 11.3. The van der Waals surface area contributed by atoms with Gasteiger partial charge in [-0.15, -0.1) is 0 Å². The van der Waals surface area contributed by atoms with Crippen molar-refractivity contribution < 1.29 is 19.1 Å². The molecule has 1 aromatic carbocycles. The van der Waals surface area contributed by atoms with Gasteiger partial charge in [-0.1, -0.05) is 12.1 Å². The van der Waals surface area contributed by atoms with E-state index in [0.29, 0.717) is 50.3 Å². The number of benzene rings is 1. The van der Waals surface area contributed by atoms with Gasteiger partial charge in [0.05, 0.1) is 6.10 Å². The molecule has 3 saturated heterocycles. The number of amides is 2. The minimum atomic E-state index is 0.0731. The fraction of sp³-hybridized carbons (Fsp3) is 0.455. The Labute approximate surface area is 174 Å². The maximum absolute atomic E-state index is 12.9. The van der Waals surface area contributed by atoms with Gasteiger partial charge in [0.1, 0.15) is 12.4 Å². The Morgan fingerprint density at radius 1 is 1.07 bits per heavy atom. The van der Waals surface area contributed by atoms with Crippen LogP contribution >= 0.6 is 0 Å². The van der Waals surface area contributed by atoms with Gasteiger partial charge >= 0.3 is 12.0 Å². The number of ether oxygens (including phenoxy) is 2. The number of rotatable bonds is 3. The van der Waals surface area contributed by atoms with E-state index in [1.165, 1.54) is 5.56 Å². The Hall–Kier alpha value is -3.00. The summed E-state index contributed by atoms with van der Waals surface area (Å²) in [5.41, 5.74) is 1.19. The molecule has 2 amide bonds. The van der Waals surface area contributed by atoms with E-state index >= 15 is 0 Å². The van der Waals surface area contributed by atoms with Gasteiger partial charge in [-0.3, -0.25) is 4.79 Å². The van der Waals surface area contributed by atoms with Crippen LogP contribution < -0.4 is 4.74 Å². The number of urea groups is 1. The topological polar surface area (TPSA) is 84.9 Å². The smallest absolute Gasteiger partial charge is 0.321 e. The molecule has 3 fully saturated rings.